The Balaban J connectivity index is 1.36. The first-order chi connectivity index (χ1) is 14.8. The number of para-hydroxylation sites is 1. The van der Waals surface area contributed by atoms with E-state index in [0.29, 0.717) is 18.8 Å². The Labute approximate surface area is 175 Å². The van der Waals surface area contributed by atoms with Gasteiger partial charge < -0.3 is 5.32 Å². The predicted molar refractivity (Wildman–Crippen MR) is 115 cm³/mol. The number of amides is 1. The van der Waals surface area contributed by atoms with Crippen LogP contribution >= 0.6 is 0 Å². The van der Waals surface area contributed by atoms with E-state index in [2.05, 4.69) is 21.6 Å². The summed E-state index contributed by atoms with van der Waals surface area (Å²) in [6.45, 7) is 1.14. The first-order valence-corrected chi connectivity index (χ1v) is 10.3. The highest BCUT2D eigenvalue weighted by Crippen LogP contribution is 2.27. The zero-order valence-corrected chi connectivity index (χ0v) is 16.7. The van der Waals surface area contributed by atoms with E-state index in [1.807, 2.05) is 70.2 Å². The van der Waals surface area contributed by atoms with Crippen molar-refractivity contribution < 1.29 is 4.79 Å². The topological polar surface area (TPSA) is 64.7 Å². The summed E-state index contributed by atoms with van der Waals surface area (Å²) in [5.74, 6) is -0.114. The van der Waals surface area contributed by atoms with E-state index in [1.165, 1.54) is 0 Å². The summed E-state index contributed by atoms with van der Waals surface area (Å²) in [4.78, 5) is 13.0. The van der Waals surface area contributed by atoms with E-state index >= 15 is 0 Å². The Morgan fingerprint density at radius 1 is 0.967 bits per heavy atom. The zero-order valence-electron chi connectivity index (χ0n) is 16.7. The van der Waals surface area contributed by atoms with E-state index in [1.54, 1.807) is 6.20 Å². The molecule has 150 valence electrons. The molecule has 0 unspecified atom stereocenters. The molecule has 5 rings (SSSR count). The Morgan fingerprint density at radius 3 is 2.57 bits per heavy atom. The van der Waals surface area contributed by atoms with Gasteiger partial charge in [-0.3, -0.25) is 9.48 Å². The molecule has 0 fully saturated rings. The average Bonchev–Trinajstić information content (AvgIpc) is 3.52. The molecule has 0 bridgehead atoms. The predicted octanol–water partition coefficient (Wildman–Crippen LogP) is 3.54. The van der Waals surface area contributed by atoms with Crippen LogP contribution in [0.3, 0.4) is 0 Å². The summed E-state index contributed by atoms with van der Waals surface area (Å²) in [5.41, 5.74) is 6.02. The first kappa shape index (κ1) is 18.4. The molecule has 4 aromatic rings. The molecular formula is C24H23N5O. The molecule has 1 aliphatic carbocycles. The third-order valence-corrected chi connectivity index (χ3v) is 5.60. The molecule has 0 saturated carbocycles. The van der Waals surface area contributed by atoms with Gasteiger partial charge in [0.05, 0.1) is 12.2 Å². The van der Waals surface area contributed by atoms with Crippen LogP contribution in [-0.2, 0) is 25.9 Å². The lowest BCUT2D eigenvalue weighted by Gasteiger charge is -2.11. The van der Waals surface area contributed by atoms with Gasteiger partial charge >= 0.3 is 0 Å². The smallest absolute Gasteiger partial charge is 0.272 e. The minimum atomic E-state index is -0.114. The van der Waals surface area contributed by atoms with Gasteiger partial charge in [-0.1, -0.05) is 42.5 Å². The zero-order chi connectivity index (χ0) is 20.3. The number of aromatic nitrogens is 4. The molecule has 0 aliphatic heterocycles. The molecule has 1 aliphatic rings. The van der Waals surface area contributed by atoms with Gasteiger partial charge in [0.25, 0.3) is 5.91 Å². The summed E-state index contributed by atoms with van der Waals surface area (Å²) in [6.07, 6.45) is 6.63. The number of benzene rings is 2. The molecule has 6 nitrogen and oxygen atoms in total. The highest BCUT2D eigenvalue weighted by molar-refractivity contribution is 5.94. The lowest BCUT2D eigenvalue weighted by Crippen LogP contribution is -2.25. The van der Waals surface area contributed by atoms with E-state index in [4.69, 9.17) is 0 Å². The second-order valence-electron chi connectivity index (χ2n) is 7.53. The van der Waals surface area contributed by atoms with E-state index in [-0.39, 0.29) is 5.91 Å². The van der Waals surface area contributed by atoms with Gasteiger partial charge in [0.2, 0.25) is 0 Å². The number of rotatable bonds is 6. The molecule has 1 N–H and O–H groups in total. The minimum absolute atomic E-state index is 0.114. The van der Waals surface area contributed by atoms with Crippen molar-refractivity contribution in [3.05, 3.63) is 101 Å². The minimum Gasteiger partial charge on any atom is -0.347 e. The number of carbonyl (C=O) groups is 1. The first-order valence-electron chi connectivity index (χ1n) is 10.3. The number of hydrogen-bond acceptors (Lipinski definition) is 3. The van der Waals surface area contributed by atoms with Crippen LogP contribution in [-0.4, -0.2) is 25.5 Å². The van der Waals surface area contributed by atoms with Crippen molar-refractivity contribution in [1.29, 1.82) is 0 Å². The van der Waals surface area contributed by atoms with Gasteiger partial charge in [0, 0.05) is 30.2 Å². The number of carbonyl (C=O) groups excluding carboxylic acids is 1. The van der Waals surface area contributed by atoms with Crippen molar-refractivity contribution in [2.24, 2.45) is 0 Å². The molecule has 1 amide bonds. The monoisotopic (exact) mass is 397 g/mol. The van der Waals surface area contributed by atoms with Crippen LogP contribution in [0.4, 0.5) is 0 Å². The van der Waals surface area contributed by atoms with Crippen molar-refractivity contribution in [1.82, 2.24) is 24.9 Å². The molecule has 0 saturated heterocycles. The molecule has 0 atom stereocenters. The van der Waals surface area contributed by atoms with Crippen LogP contribution in [0.2, 0.25) is 0 Å². The maximum absolute atomic E-state index is 13.0. The third-order valence-electron chi connectivity index (χ3n) is 5.60. The second kappa shape index (κ2) is 7.99. The summed E-state index contributed by atoms with van der Waals surface area (Å²) < 4.78 is 3.82. The molecule has 6 heteroatoms. The highest BCUT2D eigenvalue weighted by Gasteiger charge is 2.26. The van der Waals surface area contributed by atoms with Crippen molar-refractivity contribution in [2.45, 2.75) is 32.4 Å². The molecule has 30 heavy (non-hydrogen) atoms. The summed E-state index contributed by atoms with van der Waals surface area (Å²) >= 11 is 0. The van der Waals surface area contributed by atoms with Gasteiger partial charge in [0.1, 0.15) is 0 Å². The van der Waals surface area contributed by atoms with E-state index < -0.39 is 0 Å². The SMILES string of the molecule is O=C(NCc1ccccc1Cn1cccn1)c1nn(-c2ccccc2)c2c1CCC2. The quantitative estimate of drug-likeness (QED) is 0.541. The van der Waals surface area contributed by atoms with Gasteiger partial charge in [-0.15, -0.1) is 0 Å². The Bertz CT molecular complexity index is 1160. The normalized spacial score (nSPS) is 12.7. The molecule has 2 aromatic carbocycles. The summed E-state index contributed by atoms with van der Waals surface area (Å²) in [7, 11) is 0. The number of hydrogen-bond donors (Lipinski definition) is 1. The van der Waals surface area contributed by atoms with Gasteiger partial charge in [-0.2, -0.15) is 10.2 Å². The molecular weight excluding hydrogens is 374 g/mol. The maximum atomic E-state index is 13.0. The average molecular weight is 397 g/mol. The Hall–Kier alpha value is -3.67. The molecule has 2 aromatic heterocycles. The molecule has 2 heterocycles. The van der Waals surface area contributed by atoms with Crippen LogP contribution in [0.1, 0.15) is 39.3 Å². The second-order valence-corrected chi connectivity index (χ2v) is 7.53. The van der Waals surface area contributed by atoms with E-state index in [9.17, 15) is 4.79 Å². The fourth-order valence-electron chi connectivity index (χ4n) is 4.11. The third kappa shape index (κ3) is 3.52. The lowest BCUT2D eigenvalue weighted by molar-refractivity contribution is 0.0944. The summed E-state index contributed by atoms with van der Waals surface area (Å²) in [5, 5.41) is 12.1. The molecule has 0 spiro atoms. The standard InChI is InChI=1S/C24H23N5O/c30-24(25-16-18-8-4-5-9-19(18)17-28-15-7-14-26-28)23-21-12-6-13-22(21)29(27-23)20-10-2-1-3-11-20/h1-5,7-11,14-15H,6,12-13,16-17H2,(H,25,30). The van der Waals surface area contributed by atoms with Crippen LogP contribution < -0.4 is 5.32 Å². The summed E-state index contributed by atoms with van der Waals surface area (Å²) in [6, 6.07) is 20.1. The molecule has 0 radical (unpaired) electrons. The van der Waals surface area contributed by atoms with Crippen LogP contribution in [0, 0.1) is 0 Å². The van der Waals surface area contributed by atoms with Crippen LogP contribution in [0.25, 0.3) is 5.69 Å². The van der Waals surface area contributed by atoms with Gasteiger partial charge in [-0.05, 0) is 48.6 Å². The Kier molecular flexibility index (Phi) is 4.89. The Morgan fingerprint density at radius 2 is 1.77 bits per heavy atom. The van der Waals surface area contributed by atoms with Crippen LogP contribution in [0.15, 0.2) is 73.1 Å². The van der Waals surface area contributed by atoms with Crippen molar-refractivity contribution >= 4 is 5.91 Å². The fraction of sp³-hybridized carbons (Fsp3) is 0.208. The maximum Gasteiger partial charge on any atom is 0.272 e. The number of nitrogens with zero attached hydrogens (tertiary/aromatic N) is 4. The highest BCUT2D eigenvalue weighted by atomic mass is 16.1. The fourth-order valence-corrected chi connectivity index (χ4v) is 4.11. The van der Waals surface area contributed by atoms with Gasteiger partial charge in [0.15, 0.2) is 5.69 Å². The number of nitrogens with one attached hydrogen (secondary N) is 1. The number of fused-ring (bicyclic) bond motifs is 1. The van der Waals surface area contributed by atoms with E-state index in [0.717, 1.165) is 47.3 Å². The van der Waals surface area contributed by atoms with Crippen molar-refractivity contribution in [2.75, 3.05) is 0 Å². The van der Waals surface area contributed by atoms with Crippen LogP contribution in [0.5, 0.6) is 0 Å². The van der Waals surface area contributed by atoms with Gasteiger partial charge in [-0.25, -0.2) is 4.68 Å². The van der Waals surface area contributed by atoms with Crippen molar-refractivity contribution in [3.8, 4) is 5.69 Å². The lowest BCUT2D eigenvalue weighted by atomic mass is 10.1. The largest absolute Gasteiger partial charge is 0.347 e. The van der Waals surface area contributed by atoms with Crippen molar-refractivity contribution in [3.63, 3.8) is 0 Å².